The minimum absolute atomic E-state index is 0.290. The highest BCUT2D eigenvalue weighted by Crippen LogP contribution is 2.32. The van der Waals surface area contributed by atoms with Gasteiger partial charge in [-0.2, -0.15) is 0 Å². The minimum atomic E-state index is -0.290. The van der Waals surface area contributed by atoms with Gasteiger partial charge in [-0.05, 0) is 52.7 Å². The average molecular weight is 304 g/mol. The molecule has 5 heteroatoms. The van der Waals surface area contributed by atoms with Crippen LogP contribution in [0, 0.1) is 0 Å². The molecule has 3 heterocycles. The molecule has 5 nitrogen and oxygen atoms in total. The van der Waals surface area contributed by atoms with Gasteiger partial charge in [0.2, 0.25) is 0 Å². The number of hydrogen-bond acceptors (Lipinski definition) is 5. The minimum Gasteiger partial charge on any atom is -0.367 e. The maximum Gasteiger partial charge on any atom is 0.159 e. The Bertz CT molecular complexity index is 470. The van der Waals surface area contributed by atoms with E-state index in [9.17, 15) is 0 Å². The Labute approximate surface area is 133 Å². The van der Waals surface area contributed by atoms with Gasteiger partial charge in [0.25, 0.3) is 0 Å². The van der Waals surface area contributed by atoms with Crippen LogP contribution < -0.4 is 0 Å². The van der Waals surface area contributed by atoms with Crippen LogP contribution >= 0.6 is 0 Å². The largest absolute Gasteiger partial charge is 0.367 e. The van der Waals surface area contributed by atoms with Crippen molar-refractivity contribution in [2.75, 3.05) is 39.8 Å². The van der Waals surface area contributed by atoms with Crippen LogP contribution in [0.25, 0.3) is 0 Å². The van der Waals surface area contributed by atoms with Crippen molar-refractivity contribution in [1.82, 2.24) is 19.8 Å². The summed E-state index contributed by atoms with van der Waals surface area (Å²) in [4.78, 5) is 14.1. The zero-order valence-corrected chi connectivity index (χ0v) is 13.9. The van der Waals surface area contributed by atoms with Gasteiger partial charge in [0.05, 0.1) is 0 Å². The summed E-state index contributed by atoms with van der Waals surface area (Å²) in [7, 11) is 2.20. The summed E-state index contributed by atoms with van der Waals surface area (Å²) in [5.74, 6) is 0.839. The quantitative estimate of drug-likeness (QED) is 0.855. The summed E-state index contributed by atoms with van der Waals surface area (Å²) >= 11 is 0. The van der Waals surface area contributed by atoms with Gasteiger partial charge in [-0.15, -0.1) is 0 Å². The summed E-state index contributed by atoms with van der Waals surface area (Å²) < 4.78 is 5.93. The van der Waals surface area contributed by atoms with Crippen molar-refractivity contribution in [1.29, 1.82) is 0 Å². The van der Waals surface area contributed by atoms with Gasteiger partial charge in [-0.1, -0.05) is 0 Å². The second kappa shape index (κ2) is 7.02. The SMILES string of the molecule is CN1CCCN(Cc2cnc(C3(C)CCCCO3)nc2)CC1. The van der Waals surface area contributed by atoms with Gasteiger partial charge in [0.15, 0.2) is 5.82 Å². The number of nitrogens with zero attached hydrogens (tertiary/aromatic N) is 4. The number of rotatable bonds is 3. The fourth-order valence-electron chi connectivity index (χ4n) is 3.34. The second-order valence-corrected chi connectivity index (χ2v) is 6.88. The van der Waals surface area contributed by atoms with E-state index in [0.717, 1.165) is 51.5 Å². The third-order valence-electron chi connectivity index (χ3n) is 4.87. The van der Waals surface area contributed by atoms with Crippen molar-refractivity contribution in [3.8, 4) is 0 Å². The first kappa shape index (κ1) is 15.8. The van der Waals surface area contributed by atoms with E-state index < -0.39 is 0 Å². The Morgan fingerprint density at radius 1 is 1.09 bits per heavy atom. The monoisotopic (exact) mass is 304 g/mol. The van der Waals surface area contributed by atoms with Gasteiger partial charge >= 0.3 is 0 Å². The van der Waals surface area contributed by atoms with Crippen LogP contribution in [-0.2, 0) is 16.9 Å². The Morgan fingerprint density at radius 2 is 1.91 bits per heavy atom. The van der Waals surface area contributed by atoms with E-state index in [-0.39, 0.29) is 5.60 Å². The molecular weight excluding hydrogens is 276 g/mol. The van der Waals surface area contributed by atoms with E-state index in [4.69, 9.17) is 4.74 Å². The first-order valence-electron chi connectivity index (χ1n) is 8.52. The fourth-order valence-corrected chi connectivity index (χ4v) is 3.34. The molecule has 1 aromatic heterocycles. The van der Waals surface area contributed by atoms with E-state index in [1.54, 1.807) is 0 Å². The van der Waals surface area contributed by atoms with Gasteiger partial charge in [-0.25, -0.2) is 9.97 Å². The molecule has 2 fully saturated rings. The maximum absolute atomic E-state index is 5.93. The van der Waals surface area contributed by atoms with Crippen LogP contribution in [0.15, 0.2) is 12.4 Å². The highest BCUT2D eigenvalue weighted by Gasteiger charge is 2.32. The van der Waals surface area contributed by atoms with Crippen molar-refractivity contribution in [3.63, 3.8) is 0 Å². The Kier molecular flexibility index (Phi) is 5.06. The molecule has 2 aliphatic heterocycles. The van der Waals surface area contributed by atoms with Gasteiger partial charge in [0.1, 0.15) is 5.60 Å². The van der Waals surface area contributed by atoms with Gasteiger partial charge in [0, 0.05) is 44.2 Å². The van der Waals surface area contributed by atoms with Crippen molar-refractivity contribution in [2.24, 2.45) is 0 Å². The molecule has 122 valence electrons. The predicted octanol–water partition coefficient (Wildman–Crippen LogP) is 2.03. The molecule has 1 unspecified atom stereocenters. The van der Waals surface area contributed by atoms with Crippen molar-refractivity contribution < 1.29 is 4.74 Å². The van der Waals surface area contributed by atoms with Gasteiger partial charge < -0.3 is 9.64 Å². The predicted molar refractivity (Wildman–Crippen MR) is 86.6 cm³/mol. The number of aromatic nitrogens is 2. The molecule has 1 atom stereocenters. The summed E-state index contributed by atoms with van der Waals surface area (Å²) in [5.41, 5.74) is 0.912. The molecule has 0 aliphatic carbocycles. The van der Waals surface area contributed by atoms with Crippen molar-refractivity contribution in [2.45, 2.75) is 44.8 Å². The molecule has 22 heavy (non-hydrogen) atoms. The van der Waals surface area contributed by atoms with Crippen LogP contribution in [0.1, 0.15) is 44.0 Å². The van der Waals surface area contributed by atoms with Crippen LogP contribution in [0.5, 0.6) is 0 Å². The summed E-state index contributed by atoms with van der Waals surface area (Å²) in [6.45, 7) is 8.51. The fraction of sp³-hybridized carbons (Fsp3) is 0.765. The van der Waals surface area contributed by atoms with Crippen LogP contribution in [0.2, 0.25) is 0 Å². The average Bonchev–Trinajstić information content (AvgIpc) is 2.73. The number of ether oxygens (including phenoxy) is 1. The topological polar surface area (TPSA) is 41.5 Å². The molecule has 2 saturated heterocycles. The molecule has 3 rings (SSSR count). The van der Waals surface area contributed by atoms with Gasteiger partial charge in [-0.3, -0.25) is 4.90 Å². The molecule has 0 aromatic carbocycles. The van der Waals surface area contributed by atoms with E-state index >= 15 is 0 Å². The van der Waals surface area contributed by atoms with Crippen molar-refractivity contribution in [3.05, 3.63) is 23.8 Å². The summed E-state index contributed by atoms with van der Waals surface area (Å²) in [5, 5.41) is 0. The highest BCUT2D eigenvalue weighted by atomic mass is 16.5. The standard InChI is InChI=1S/C17H28N4O/c1-17(6-3-4-11-22-17)16-18-12-15(13-19-16)14-21-8-5-7-20(2)9-10-21/h12-13H,3-11,14H2,1-2H3. The maximum atomic E-state index is 5.93. The highest BCUT2D eigenvalue weighted by molar-refractivity contribution is 5.09. The van der Waals surface area contributed by atoms with Crippen LogP contribution in [-0.4, -0.2) is 59.6 Å². The third kappa shape index (κ3) is 3.83. The molecule has 1 aromatic rings. The van der Waals surface area contributed by atoms with E-state index in [2.05, 4.69) is 33.7 Å². The van der Waals surface area contributed by atoms with Crippen LogP contribution in [0.4, 0.5) is 0 Å². The molecule has 0 spiro atoms. The molecular formula is C17H28N4O. The van der Waals surface area contributed by atoms with Crippen molar-refractivity contribution >= 4 is 0 Å². The molecule has 0 N–H and O–H groups in total. The third-order valence-corrected chi connectivity index (χ3v) is 4.87. The summed E-state index contributed by atoms with van der Waals surface area (Å²) in [6, 6.07) is 0. The Morgan fingerprint density at radius 3 is 2.64 bits per heavy atom. The lowest BCUT2D eigenvalue weighted by Crippen LogP contribution is -2.32. The lowest BCUT2D eigenvalue weighted by Gasteiger charge is -2.32. The normalized spacial score (nSPS) is 28.5. The zero-order chi connectivity index (χ0) is 15.4. The smallest absolute Gasteiger partial charge is 0.159 e. The first-order valence-corrected chi connectivity index (χ1v) is 8.52. The summed E-state index contributed by atoms with van der Waals surface area (Å²) in [6.07, 6.45) is 8.58. The number of hydrogen-bond donors (Lipinski definition) is 0. The second-order valence-electron chi connectivity index (χ2n) is 6.88. The molecule has 0 bridgehead atoms. The molecule has 2 aliphatic rings. The van der Waals surface area contributed by atoms with E-state index in [0.29, 0.717) is 0 Å². The lowest BCUT2D eigenvalue weighted by molar-refractivity contribution is -0.0761. The number of likely N-dealkylation sites (N-methyl/N-ethyl adjacent to an activating group) is 1. The molecule has 0 saturated carbocycles. The Hall–Kier alpha value is -1.04. The molecule has 0 amide bonds. The lowest BCUT2D eigenvalue weighted by atomic mass is 9.95. The van der Waals surface area contributed by atoms with E-state index in [1.165, 1.54) is 24.9 Å². The first-order chi connectivity index (χ1) is 10.7. The van der Waals surface area contributed by atoms with E-state index in [1.807, 2.05) is 12.4 Å². The zero-order valence-electron chi connectivity index (χ0n) is 13.9. The van der Waals surface area contributed by atoms with Crippen LogP contribution in [0.3, 0.4) is 0 Å². The Balaban J connectivity index is 1.61. The molecule has 0 radical (unpaired) electrons.